The third kappa shape index (κ3) is 6.99. The van der Waals surface area contributed by atoms with Crippen molar-refractivity contribution >= 4 is 25.8 Å². The number of carbonyl (C=O) groups is 1. The van der Waals surface area contributed by atoms with Crippen molar-refractivity contribution in [2.45, 2.75) is 32.1 Å². The number of aromatic hydroxyl groups is 1. The van der Waals surface area contributed by atoms with Crippen LogP contribution in [0.4, 0.5) is 5.69 Å². The van der Waals surface area contributed by atoms with Gasteiger partial charge < -0.3 is 15.2 Å². The zero-order chi connectivity index (χ0) is 15.9. The van der Waals surface area contributed by atoms with Crippen molar-refractivity contribution in [3.05, 3.63) is 29.8 Å². The number of methoxy groups -OCH3 is 1. The maximum Gasteiger partial charge on any atom is 0.309 e. The van der Waals surface area contributed by atoms with E-state index >= 15 is 0 Å². The van der Waals surface area contributed by atoms with Gasteiger partial charge in [-0.15, -0.1) is 0 Å². The van der Waals surface area contributed by atoms with E-state index in [1.807, 2.05) is 12.1 Å². The highest BCUT2D eigenvalue weighted by Gasteiger charge is 2.12. The molecule has 0 aliphatic carbocycles. The monoisotopic (exact) mass is 307 g/mol. The van der Waals surface area contributed by atoms with Gasteiger partial charge in [0.1, 0.15) is 5.75 Å². The minimum atomic E-state index is -1.08. The minimum absolute atomic E-state index is 0.212. The Morgan fingerprint density at radius 1 is 1.38 bits per heavy atom. The van der Waals surface area contributed by atoms with Gasteiger partial charge in [0.2, 0.25) is 0 Å². The molecule has 0 atom stereocenters. The van der Waals surface area contributed by atoms with Crippen LogP contribution >= 0.6 is 0 Å². The van der Waals surface area contributed by atoms with Crippen LogP contribution in [0, 0.1) is 0 Å². The molecule has 0 amide bonds. The molecule has 21 heavy (non-hydrogen) atoms. The molecule has 0 bridgehead atoms. The normalized spacial score (nSPS) is 11.6. The van der Waals surface area contributed by atoms with Crippen molar-refractivity contribution in [1.82, 2.24) is 0 Å². The summed E-state index contributed by atoms with van der Waals surface area (Å²) in [4.78, 5) is 11.1. The fourth-order valence-electron chi connectivity index (χ4n) is 1.79. The Morgan fingerprint density at radius 3 is 2.71 bits per heavy atom. The summed E-state index contributed by atoms with van der Waals surface area (Å²) in [6.45, 7) is 7.92. The molecule has 0 saturated heterocycles. The third-order valence-electron chi connectivity index (χ3n) is 3.04. The van der Waals surface area contributed by atoms with Crippen molar-refractivity contribution in [2.75, 3.05) is 19.0 Å². The van der Waals surface area contributed by atoms with E-state index in [9.17, 15) is 9.90 Å². The van der Waals surface area contributed by atoms with Gasteiger partial charge in [-0.2, -0.15) is 0 Å². The molecular weight excluding hydrogens is 282 g/mol. The molecule has 1 aromatic rings. The summed E-state index contributed by atoms with van der Waals surface area (Å²) >= 11 is 0. The Balaban J connectivity index is 2.73. The number of rotatable bonds is 7. The second kappa shape index (κ2) is 7.88. The number of phenolic OH excluding ortho intramolecular Hbond substituents is 1. The largest absolute Gasteiger partial charge is 0.508 e. The van der Waals surface area contributed by atoms with E-state index in [0.29, 0.717) is 0 Å². The van der Waals surface area contributed by atoms with E-state index in [-0.39, 0.29) is 18.1 Å². The lowest BCUT2D eigenvalue weighted by molar-refractivity contribution is -0.139. The predicted molar refractivity (Wildman–Crippen MR) is 90.4 cm³/mol. The van der Waals surface area contributed by atoms with Gasteiger partial charge in [0, 0.05) is 25.9 Å². The molecule has 0 aliphatic rings. The quantitative estimate of drug-likeness (QED) is 0.458. The van der Waals surface area contributed by atoms with Crippen LogP contribution in [0.15, 0.2) is 24.3 Å². The SMILES string of the molecule is COC(=O)C/C=C/c1cc(O)ccc1NCC[Si](C)(C)C. The van der Waals surface area contributed by atoms with Crippen LogP contribution in [-0.2, 0) is 9.53 Å². The lowest BCUT2D eigenvalue weighted by Crippen LogP contribution is -2.23. The Bertz CT molecular complexity index is 507. The van der Waals surface area contributed by atoms with Crippen molar-refractivity contribution in [3.8, 4) is 5.75 Å². The van der Waals surface area contributed by atoms with E-state index in [4.69, 9.17) is 0 Å². The second-order valence-corrected chi connectivity index (χ2v) is 11.8. The van der Waals surface area contributed by atoms with Crippen molar-refractivity contribution in [3.63, 3.8) is 0 Å². The molecule has 0 unspecified atom stereocenters. The van der Waals surface area contributed by atoms with Crippen molar-refractivity contribution in [2.24, 2.45) is 0 Å². The fourth-order valence-corrected chi connectivity index (χ4v) is 2.66. The Kier molecular flexibility index (Phi) is 6.49. The average Bonchev–Trinajstić information content (AvgIpc) is 2.39. The summed E-state index contributed by atoms with van der Waals surface area (Å²) in [5.74, 6) is -0.0666. The average molecular weight is 307 g/mol. The highest BCUT2D eigenvalue weighted by Crippen LogP contribution is 2.23. The van der Waals surface area contributed by atoms with Crippen LogP contribution in [0.3, 0.4) is 0 Å². The molecule has 116 valence electrons. The Labute approximate surface area is 127 Å². The van der Waals surface area contributed by atoms with Gasteiger partial charge >= 0.3 is 5.97 Å². The number of benzene rings is 1. The first-order chi connectivity index (χ1) is 9.81. The van der Waals surface area contributed by atoms with E-state index in [2.05, 4.69) is 29.7 Å². The molecule has 1 aromatic carbocycles. The number of nitrogens with one attached hydrogen (secondary N) is 1. The summed E-state index contributed by atoms with van der Waals surface area (Å²) in [6, 6.07) is 6.38. The molecule has 0 spiro atoms. The molecule has 1 rings (SSSR count). The van der Waals surface area contributed by atoms with Crippen LogP contribution in [-0.4, -0.2) is 32.8 Å². The van der Waals surface area contributed by atoms with Gasteiger partial charge in [-0.05, 0) is 24.2 Å². The fraction of sp³-hybridized carbons (Fsp3) is 0.438. The molecule has 0 aromatic heterocycles. The van der Waals surface area contributed by atoms with Gasteiger partial charge in [-0.25, -0.2) is 0 Å². The van der Waals surface area contributed by atoms with Gasteiger partial charge in [0.15, 0.2) is 0 Å². The summed E-state index contributed by atoms with van der Waals surface area (Å²) < 4.78 is 4.59. The zero-order valence-corrected chi connectivity index (χ0v) is 14.3. The highest BCUT2D eigenvalue weighted by atomic mass is 28.3. The standard InChI is InChI=1S/C16H25NO3Si/c1-20-16(19)7-5-6-13-12-14(18)8-9-15(13)17-10-11-21(2,3)4/h5-6,8-9,12,17-18H,7,10-11H2,1-4H3/b6-5+. The van der Waals surface area contributed by atoms with E-state index in [0.717, 1.165) is 17.8 Å². The first-order valence-corrected chi connectivity index (χ1v) is 10.8. The second-order valence-electron chi connectivity index (χ2n) is 6.19. The summed E-state index contributed by atoms with van der Waals surface area (Å²) in [5.41, 5.74) is 1.83. The summed E-state index contributed by atoms with van der Waals surface area (Å²) in [7, 11) is 0.293. The Hall–Kier alpha value is -1.75. The number of anilines is 1. The van der Waals surface area contributed by atoms with Crippen LogP contribution in [0.1, 0.15) is 12.0 Å². The van der Waals surface area contributed by atoms with E-state index in [1.165, 1.54) is 13.2 Å². The number of hydrogen-bond acceptors (Lipinski definition) is 4. The number of phenols is 1. The maximum absolute atomic E-state index is 11.1. The van der Waals surface area contributed by atoms with Gasteiger partial charge in [-0.1, -0.05) is 31.8 Å². The van der Waals surface area contributed by atoms with Crippen LogP contribution in [0.2, 0.25) is 25.7 Å². The molecule has 0 radical (unpaired) electrons. The van der Waals surface area contributed by atoms with Gasteiger partial charge in [-0.3, -0.25) is 4.79 Å². The Morgan fingerprint density at radius 2 is 2.10 bits per heavy atom. The molecule has 0 fully saturated rings. The topological polar surface area (TPSA) is 58.6 Å². The smallest absolute Gasteiger partial charge is 0.309 e. The molecule has 0 aliphatic heterocycles. The predicted octanol–water partition coefficient (Wildman–Crippen LogP) is 3.72. The third-order valence-corrected chi connectivity index (χ3v) is 4.79. The van der Waals surface area contributed by atoms with Gasteiger partial charge in [0.25, 0.3) is 0 Å². The van der Waals surface area contributed by atoms with Crippen molar-refractivity contribution < 1.29 is 14.6 Å². The maximum atomic E-state index is 11.1. The molecule has 2 N–H and O–H groups in total. The highest BCUT2D eigenvalue weighted by molar-refractivity contribution is 6.76. The molecule has 5 heteroatoms. The molecule has 0 heterocycles. The lowest BCUT2D eigenvalue weighted by atomic mass is 10.1. The van der Waals surface area contributed by atoms with Crippen molar-refractivity contribution in [1.29, 1.82) is 0 Å². The molecular formula is C16H25NO3Si. The summed E-state index contributed by atoms with van der Waals surface area (Å²) in [6.07, 6.45) is 3.79. The van der Waals surface area contributed by atoms with Gasteiger partial charge in [0.05, 0.1) is 13.5 Å². The lowest BCUT2D eigenvalue weighted by Gasteiger charge is -2.17. The summed E-state index contributed by atoms with van der Waals surface area (Å²) in [5, 5.41) is 13.0. The number of esters is 1. The molecule has 0 saturated carbocycles. The number of hydrogen-bond donors (Lipinski definition) is 2. The number of ether oxygens (including phenoxy) is 1. The molecule has 4 nitrogen and oxygen atoms in total. The van der Waals surface area contributed by atoms with Crippen LogP contribution in [0.25, 0.3) is 6.08 Å². The minimum Gasteiger partial charge on any atom is -0.508 e. The van der Waals surface area contributed by atoms with Crippen LogP contribution in [0.5, 0.6) is 5.75 Å². The first-order valence-electron chi connectivity index (χ1n) is 7.12. The number of carbonyl (C=O) groups excluding carboxylic acids is 1. The first kappa shape index (κ1) is 17.3. The van der Waals surface area contributed by atoms with E-state index in [1.54, 1.807) is 18.2 Å². The van der Waals surface area contributed by atoms with E-state index < -0.39 is 8.07 Å². The zero-order valence-electron chi connectivity index (χ0n) is 13.3. The van der Waals surface area contributed by atoms with Crippen LogP contribution < -0.4 is 5.32 Å².